The zero-order valence-corrected chi connectivity index (χ0v) is 22.9. The Morgan fingerprint density at radius 1 is 1.02 bits per heavy atom. The van der Waals surface area contributed by atoms with Crippen LogP contribution in [0.2, 0.25) is 0 Å². The Kier molecular flexibility index (Phi) is 7.72. The molecule has 4 aliphatic rings. The molecule has 11 heteroatoms. The largest absolute Gasteiger partial charge is 0.454 e. The topological polar surface area (TPSA) is 122 Å². The number of thioether (sulfide) groups is 1. The molecule has 2 aromatic carbocycles. The van der Waals surface area contributed by atoms with E-state index in [-0.39, 0.29) is 49.2 Å². The fraction of sp³-hybridized carbons (Fsp3) is 0.414. The Hall–Kier alpha value is -3.86. The van der Waals surface area contributed by atoms with Crippen molar-refractivity contribution in [2.75, 3.05) is 12.5 Å². The predicted octanol–water partition coefficient (Wildman–Crippen LogP) is 3.65. The third kappa shape index (κ3) is 5.70. The summed E-state index contributed by atoms with van der Waals surface area (Å²) in [7, 11) is 0. The van der Waals surface area contributed by atoms with Crippen molar-refractivity contribution in [2.24, 2.45) is 9.98 Å². The van der Waals surface area contributed by atoms with Crippen LogP contribution in [-0.4, -0.2) is 58.3 Å². The number of carbonyl (C=O) groups excluding carboxylic acids is 3. The minimum absolute atomic E-state index is 0.0562. The van der Waals surface area contributed by atoms with Crippen LogP contribution in [0.5, 0.6) is 11.5 Å². The van der Waals surface area contributed by atoms with Gasteiger partial charge in [0.15, 0.2) is 16.7 Å². The second kappa shape index (κ2) is 11.7. The van der Waals surface area contributed by atoms with Gasteiger partial charge < -0.3 is 20.1 Å². The van der Waals surface area contributed by atoms with Gasteiger partial charge in [0.1, 0.15) is 11.9 Å². The molecule has 1 fully saturated rings. The van der Waals surface area contributed by atoms with Crippen LogP contribution in [0.3, 0.4) is 0 Å². The van der Waals surface area contributed by atoms with E-state index >= 15 is 0 Å². The van der Waals surface area contributed by atoms with Crippen molar-refractivity contribution in [1.82, 2.24) is 15.5 Å². The smallest absolute Gasteiger partial charge is 0.259 e. The molecule has 0 bridgehead atoms. The van der Waals surface area contributed by atoms with E-state index in [1.807, 2.05) is 42.5 Å². The van der Waals surface area contributed by atoms with Gasteiger partial charge in [0, 0.05) is 24.6 Å². The zero-order chi connectivity index (χ0) is 27.5. The lowest BCUT2D eigenvalue weighted by molar-refractivity contribution is -0.125. The Labute approximate surface area is 236 Å². The fourth-order valence-corrected chi connectivity index (χ4v) is 6.15. The molecule has 3 heterocycles. The number of hydrogen-bond acceptors (Lipinski definition) is 8. The summed E-state index contributed by atoms with van der Waals surface area (Å²) >= 11 is 1.24. The van der Waals surface area contributed by atoms with Gasteiger partial charge in [-0.1, -0.05) is 49.2 Å². The van der Waals surface area contributed by atoms with Crippen LogP contribution >= 0.6 is 11.8 Å². The highest BCUT2D eigenvalue weighted by molar-refractivity contribution is 8.14. The quantitative estimate of drug-likeness (QED) is 0.508. The van der Waals surface area contributed by atoms with E-state index in [2.05, 4.69) is 10.6 Å². The standard InChI is InChI=1S/C29H31N5O5S/c35-25(30-15-18-10-12-23-24(14-18)39-17-38-23)13-11-22-28(37)34-27(32-22)20-8-4-5-9-21(20)33-29(34)40-16-26(36)31-19-6-2-1-3-7-19/h4-5,8-10,12,14,19,22H,1-3,6-7,11,13,15-17H2,(H,30,35)(H,31,36)/t22-/m0/s1. The molecule has 6 rings (SSSR count). The lowest BCUT2D eigenvalue weighted by Crippen LogP contribution is -2.42. The van der Waals surface area contributed by atoms with Crippen molar-refractivity contribution in [3.05, 3.63) is 53.6 Å². The second-order valence-corrected chi connectivity index (χ2v) is 11.2. The molecule has 1 atom stereocenters. The second-order valence-electron chi connectivity index (χ2n) is 10.2. The number of rotatable bonds is 8. The maximum atomic E-state index is 13.5. The molecule has 1 aliphatic carbocycles. The molecule has 40 heavy (non-hydrogen) atoms. The number of carbonyl (C=O) groups is 3. The lowest BCUT2D eigenvalue weighted by atomic mass is 9.95. The predicted molar refractivity (Wildman–Crippen MR) is 152 cm³/mol. The molecule has 0 radical (unpaired) electrons. The Balaban J connectivity index is 1.07. The number of ether oxygens (including phenoxy) is 2. The first-order valence-corrected chi connectivity index (χ1v) is 14.7. The van der Waals surface area contributed by atoms with Crippen LogP contribution < -0.4 is 20.1 Å². The van der Waals surface area contributed by atoms with E-state index in [0.717, 1.165) is 36.8 Å². The summed E-state index contributed by atoms with van der Waals surface area (Å²) in [6.45, 7) is 0.543. The molecule has 3 aliphatic heterocycles. The number of fused-ring (bicyclic) bond motifs is 4. The van der Waals surface area contributed by atoms with E-state index < -0.39 is 6.04 Å². The summed E-state index contributed by atoms with van der Waals surface area (Å²) in [4.78, 5) is 49.7. The number of nitrogens with zero attached hydrogens (tertiary/aromatic N) is 3. The Morgan fingerprint density at radius 2 is 1.85 bits per heavy atom. The van der Waals surface area contributed by atoms with E-state index in [0.29, 0.717) is 34.7 Å². The minimum atomic E-state index is -0.695. The highest BCUT2D eigenvalue weighted by Gasteiger charge is 2.41. The van der Waals surface area contributed by atoms with Gasteiger partial charge in [-0.3, -0.25) is 19.4 Å². The van der Waals surface area contributed by atoms with Gasteiger partial charge in [0.05, 0.1) is 11.4 Å². The average molecular weight is 562 g/mol. The number of amidine groups is 2. The van der Waals surface area contributed by atoms with Crippen molar-refractivity contribution < 1.29 is 23.9 Å². The van der Waals surface area contributed by atoms with Crippen molar-refractivity contribution in [2.45, 2.75) is 63.6 Å². The summed E-state index contributed by atoms with van der Waals surface area (Å²) in [5.74, 6) is 1.60. The molecule has 0 saturated heterocycles. The first-order chi connectivity index (χ1) is 19.5. The van der Waals surface area contributed by atoms with Gasteiger partial charge >= 0.3 is 0 Å². The van der Waals surface area contributed by atoms with E-state index in [9.17, 15) is 14.4 Å². The lowest BCUT2D eigenvalue weighted by Gasteiger charge is -2.26. The molecule has 2 aromatic rings. The molecular formula is C29H31N5O5S. The van der Waals surface area contributed by atoms with Gasteiger partial charge in [-0.2, -0.15) is 0 Å². The minimum Gasteiger partial charge on any atom is -0.454 e. The van der Waals surface area contributed by atoms with E-state index in [1.54, 1.807) is 0 Å². The molecule has 208 valence electrons. The molecular weight excluding hydrogens is 530 g/mol. The third-order valence-electron chi connectivity index (χ3n) is 7.42. The molecule has 3 amide bonds. The average Bonchev–Trinajstić information content (AvgIpc) is 3.58. The monoisotopic (exact) mass is 561 g/mol. The number of amides is 3. The maximum Gasteiger partial charge on any atom is 0.259 e. The highest BCUT2D eigenvalue weighted by atomic mass is 32.2. The molecule has 2 N–H and O–H groups in total. The van der Waals surface area contributed by atoms with E-state index in [4.69, 9.17) is 19.5 Å². The highest BCUT2D eigenvalue weighted by Crippen LogP contribution is 2.35. The van der Waals surface area contributed by atoms with Gasteiger partial charge in [0.2, 0.25) is 18.6 Å². The fourth-order valence-electron chi connectivity index (χ4n) is 5.34. The Morgan fingerprint density at radius 3 is 2.73 bits per heavy atom. The molecule has 0 aromatic heterocycles. The molecule has 1 saturated carbocycles. The SMILES string of the molecule is O=C(CC[C@@H]1N=C2c3ccccc3N=C(SCC(=O)NC3CCCCC3)N2C1=O)NCc1ccc2c(c1)OCO2. The summed E-state index contributed by atoms with van der Waals surface area (Å²) in [5.41, 5.74) is 2.37. The van der Waals surface area contributed by atoms with Crippen LogP contribution in [-0.2, 0) is 20.9 Å². The van der Waals surface area contributed by atoms with Crippen LogP contribution in [0, 0.1) is 0 Å². The summed E-state index contributed by atoms with van der Waals surface area (Å²) in [5, 5.41) is 6.46. The first kappa shape index (κ1) is 26.4. The maximum absolute atomic E-state index is 13.5. The van der Waals surface area contributed by atoms with Crippen LogP contribution in [0.4, 0.5) is 5.69 Å². The summed E-state index contributed by atoms with van der Waals surface area (Å²) < 4.78 is 10.7. The van der Waals surface area contributed by atoms with Gasteiger partial charge in [0.25, 0.3) is 5.91 Å². The van der Waals surface area contributed by atoms with E-state index in [1.165, 1.54) is 23.1 Å². The van der Waals surface area contributed by atoms with Crippen molar-refractivity contribution in [3.63, 3.8) is 0 Å². The van der Waals surface area contributed by atoms with Gasteiger partial charge in [-0.25, -0.2) is 9.89 Å². The molecule has 10 nitrogen and oxygen atoms in total. The normalized spacial score (nSPS) is 19.4. The molecule has 0 spiro atoms. The number of benzene rings is 2. The van der Waals surface area contributed by atoms with Crippen LogP contribution in [0.15, 0.2) is 52.4 Å². The van der Waals surface area contributed by atoms with Crippen LogP contribution in [0.1, 0.15) is 56.1 Å². The number of hydrogen-bond donors (Lipinski definition) is 2. The van der Waals surface area contributed by atoms with Gasteiger partial charge in [-0.15, -0.1) is 0 Å². The third-order valence-corrected chi connectivity index (χ3v) is 8.36. The molecule has 0 unspecified atom stereocenters. The number of aliphatic imine (C=N–C) groups is 2. The number of para-hydroxylation sites is 1. The Bertz CT molecular complexity index is 1390. The summed E-state index contributed by atoms with van der Waals surface area (Å²) in [6, 6.07) is 12.6. The van der Waals surface area contributed by atoms with Gasteiger partial charge in [-0.05, 0) is 49.1 Å². The van der Waals surface area contributed by atoms with Crippen LogP contribution in [0.25, 0.3) is 0 Å². The van der Waals surface area contributed by atoms with Crippen molar-refractivity contribution in [3.8, 4) is 11.5 Å². The van der Waals surface area contributed by atoms with Crippen molar-refractivity contribution in [1.29, 1.82) is 0 Å². The van der Waals surface area contributed by atoms with Crippen molar-refractivity contribution >= 4 is 46.2 Å². The summed E-state index contributed by atoms with van der Waals surface area (Å²) in [6.07, 6.45) is 5.95. The number of nitrogens with one attached hydrogen (secondary N) is 2. The zero-order valence-electron chi connectivity index (χ0n) is 22.1. The first-order valence-electron chi connectivity index (χ1n) is 13.7.